The number of nitrogens with one attached hydrogen (secondary N) is 1. The smallest absolute Gasteiger partial charge is 0.267 e. The number of amides is 1. The molecule has 0 atom stereocenters. The van der Waals surface area contributed by atoms with Crippen LogP contribution in [0.5, 0.6) is 0 Å². The summed E-state index contributed by atoms with van der Waals surface area (Å²) in [5, 5.41) is 0.293. The molecule has 20 heavy (non-hydrogen) atoms. The van der Waals surface area contributed by atoms with Gasteiger partial charge in [0, 0.05) is 10.6 Å². The van der Waals surface area contributed by atoms with E-state index in [4.69, 9.17) is 11.6 Å². The first-order chi connectivity index (χ1) is 9.40. The summed E-state index contributed by atoms with van der Waals surface area (Å²) in [5.41, 5.74) is 0.0671. The van der Waals surface area contributed by atoms with Gasteiger partial charge in [-0.25, -0.2) is 17.5 Å². The zero-order valence-electron chi connectivity index (χ0n) is 10.0. The van der Waals surface area contributed by atoms with Gasteiger partial charge in [0.2, 0.25) is 0 Å². The third-order valence-corrected chi connectivity index (χ3v) is 4.04. The molecule has 0 aliphatic rings. The fourth-order valence-electron chi connectivity index (χ4n) is 1.53. The topological polar surface area (TPSA) is 63.2 Å². The average molecular weight is 314 g/mol. The van der Waals surface area contributed by atoms with E-state index in [2.05, 4.69) is 0 Å². The van der Waals surface area contributed by atoms with Crippen molar-refractivity contribution in [3.8, 4) is 0 Å². The lowest BCUT2D eigenvalue weighted by Crippen LogP contribution is -2.31. The monoisotopic (exact) mass is 313 g/mol. The van der Waals surface area contributed by atoms with Crippen LogP contribution in [0.2, 0.25) is 5.02 Å². The molecule has 0 aromatic heterocycles. The number of carbonyl (C=O) groups excluding carboxylic acids is 1. The van der Waals surface area contributed by atoms with E-state index in [0.29, 0.717) is 5.02 Å². The Morgan fingerprint density at radius 1 is 1.10 bits per heavy atom. The molecule has 0 saturated heterocycles. The summed E-state index contributed by atoms with van der Waals surface area (Å²) in [6.45, 7) is 0. The van der Waals surface area contributed by atoms with E-state index < -0.39 is 26.6 Å². The highest BCUT2D eigenvalue weighted by molar-refractivity contribution is 7.90. The maximum absolute atomic E-state index is 13.5. The number of halogens is 2. The Morgan fingerprint density at radius 3 is 2.45 bits per heavy atom. The van der Waals surface area contributed by atoms with Gasteiger partial charge in [-0.1, -0.05) is 29.8 Å². The highest BCUT2D eigenvalue weighted by Gasteiger charge is 2.21. The molecule has 0 saturated carbocycles. The molecule has 2 aromatic rings. The molecule has 2 aromatic carbocycles. The first-order valence-corrected chi connectivity index (χ1v) is 7.33. The number of sulfonamides is 1. The second-order valence-corrected chi connectivity index (χ2v) is 5.96. The third kappa shape index (κ3) is 3.15. The minimum atomic E-state index is -4.27. The first kappa shape index (κ1) is 14.5. The second kappa shape index (κ2) is 5.60. The first-order valence-electron chi connectivity index (χ1n) is 5.47. The average Bonchev–Trinajstić information content (AvgIpc) is 2.38. The maximum atomic E-state index is 13.5. The Hall–Kier alpha value is -1.92. The molecule has 0 fully saturated rings. The molecule has 0 radical (unpaired) electrons. The van der Waals surface area contributed by atoms with Crippen molar-refractivity contribution < 1.29 is 17.6 Å². The Balaban J connectivity index is 2.30. The quantitative estimate of drug-likeness (QED) is 0.947. The van der Waals surface area contributed by atoms with Gasteiger partial charge < -0.3 is 0 Å². The number of rotatable bonds is 3. The van der Waals surface area contributed by atoms with Gasteiger partial charge in [-0.15, -0.1) is 0 Å². The van der Waals surface area contributed by atoms with Gasteiger partial charge in [0.25, 0.3) is 15.9 Å². The number of hydrogen-bond acceptors (Lipinski definition) is 3. The predicted molar refractivity (Wildman–Crippen MR) is 72.5 cm³/mol. The van der Waals surface area contributed by atoms with E-state index in [1.165, 1.54) is 30.3 Å². The predicted octanol–water partition coefficient (Wildman–Crippen LogP) is 2.60. The highest BCUT2D eigenvalue weighted by atomic mass is 35.5. The Morgan fingerprint density at radius 2 is 1.80 bits per heavy atom. The van der Waals surface area contributed by atoms with Gasteiger partial charge in [0.05, 0.1) is 0 Å². The van der Waals surface area contributed by atoms with E-state index in [1.54, 1.807) is 10.8 Å². The van der Waals surface area contributed by atoms with Gasteiger partial charge in [-0.2, -0.15) is 0 Å². The van der Waals surface area contributed by atoms with Crippen LogP contribution in [0.1, 0.15) is 10.4 Å². The summed E-state index contributed by atoms with van der Waals surface area (Å²) in [7, 11) is -4.27. The summed E-state index contributed by atoms with van der Waals surface area (Å²) in [4.78, 5) is 11.2. The van der Waals surface area contributed by atoms with Gasteiger partial charge in [-0.05, 0) is 30.3 Å². The van der Waals surface area contributed by atoms with Crippen LogP contribution in [0.15, 0.2) is 53.4 Å². The van der Waals surface area contributed by atoms with E-state index in [-0.39, 0.29) is 5.56 Å². The van der Waals surface area contributed by atoms with Crippen molar-refractivity contribution in [1.82, 2.24) is 4.72 Å². The van der Waals surface area contributed by atoms with E-state index in [9.17, 15) is 17.6 Å². The van der Waals surface area contributed by atoms with Crippen LogP contribution in [0.3, 0.4) is 0 Å². The van der Waals surface area contributed by atoms with E-state index >= 15 is 0 Å². The zero-order chi connectivity index (χ0) is 14.8. The number of carbonyl (C=O) groups is 1. The Bertz CT molecular complexity index is 762. The van der Waals surface area contributed by atoms with Crippen molar-refractivity contribution >= 4 is 27.5 Å². The van der Waals surface area contributed by atoms with Gasteiger partial charge in [0.15, 0.2) is 0 Å². The minimum Gasteiger partial charge on any atom is -0.268 e. The van der Waals surface area contributed by atoms with Crippen LogP contribution < -0.4 is 4.72 Å². The fourth-order valence-corrected chi connectivity index (χ4v) is 2.77. The minimum absolute atomic E-state index is 0.0671. The van der Waals surface area contributed by atoms with E-state index in [0.717, 1.165) is 12.1 Å². The third-order valence-electron chi connectivity index (χ3n) is 2.44. The van der Waals surface area contributed by atoms with Crippen molar-refractivity contribution in [2.24, 2.45) is 0 Å². The summed E-state index contributed by atoms with van der Waals surface area (Å²) in [5.74, 6) is -1.81. The standard InChI is InChI=1S/C13H9ClFNO3S/c14-10-5-3-4-9(8-10)13(17)16-20(18,19)12-7-2-1-6-11(12)15/h1-8H,(H,16,17). The van der Waals surface area contributed by atoms with Crippen molar-refractivity contribution in [3.63, 3.8) is 0 Å². The van der Waals surface area contributed by atoms with Crippen LogP contribution in [-0.4, -0.2) is 14.3 Å². The molecule has 1 N–H and O–H groups in total. The molecule has 104 valence electrons. The molecular formula is C13H9ClFNO3S. The number of benzene rings is 2. The molecule has 0 aliphatic carbocycles. The SMILES string of the molecule is O=C(NS(=O)(=O)c1ccccc1F)c1cccc(Cl)c1. The molecule has 2 rings (SSSR count). The maximum Gasteiger partial charge on any atom is 0.267 e. The van der Waals surface area contributed by atoms with Gasteiger partial charge >= 0.3 is 0 Å². The van der Waals surface area contributed by atoms with Crippen LogP contribution in [0.4, 0.5) is 4.39 Å². The summed E-state index contributed by atoms with van der Waals surface area (Å²) in [6, 6.07) is 10.6. The lowest BCUT2D eigenvalue weighted by molar-refractivity contribution is 0.0981. The van der Waals surface area contributed by atoms with Crippen LogP contribution in [-0.2, 0) is 10.0 Å². The molecule has 0 unspecified atom stereocenters. The molecular weight excluding hydrogens is 305 g/mol. The molecule has 0 spiro atoms. The van der Waals surface area contributed by atoms with Gasteiger partial charge in [0.1, 0.15) is 10.7 Å². The molecule has 1 amide bonds. The van der Waals surface area contributed by atoms with Gasteiger partial charge in [-0.3, -0.25) is 4.79 Å². The normalized spacial score (nSPS) is 11.1. The summed E-state index contributed by atoms with van der Waals surface area (Å²) < 4.78 is 39.1. The highest BCUT2D eigenvalue weighted by Crippen LogP contribution is 2.15. The Kier molecular flexibility index (Phi) is 4.06. The number of hydrogen-bond donors (Lipinski definition) is 1. The molecule has 7 heteroatoms. The summed E-state index contributed by atoms with van der Waals surface area (Å²) in [6.07, 6.45) is 0. The van der Waals surface area contributed by atoms with Crippen molar-refractivity contribution in [1.29, 1.82) is 0 Å². The Labute approximate surface area is 120 Å². The van der Waals surface area contributed by atoms with Crippen molar-refractivity contribution in [3.05, 3.63) is 64.9 Å². The molecule has 0 bridgehead atoms. The second-order valence-electron chi connectivity index (χ2n) is 3.88. The largest absolute Gasteiger partial charge is 0.268 e. The van der Waals surface area contributed by atoms with Crippen molar-refractivity contribution in [2.45, 2.75) is 4.90 Å². The lowest BCUT2D eigenvalue weighted by atomic mass is 10.2. The fraction of sp³-hybridized carbons (Fsp3) is 0. The summed E-state index contributed by atoms with van der Waals surface area (Å²) >= 11 is 5.71. The van der Waals surface area contributed by atoms with E-state index in [1.807, 2.05) is 0 Å². The molecule has 0 heterocycles. The zero-order valence-corrected chi connectivity index (χ0v) is 11.6. The van der Waals surface area contributed by atoms with Crippen LogP contribution >= 0.6 is 11.6 Å². The lowest BCUT2D eigenvalue weighted by Gasteiger charge is -2.07. The van der Waals surface area contributed by atoms with Crippen LogP contribution in [0, 0.1) is 5.82 Å². The molecule has 0 aliphatic heterocycles. The van der Waals surface area contributed by atoms with Crippen molar-refractivity contribution in [2.75, 3.05) is 0 Å². The van der Waals surface area contributed by atoms with Crippen LogP contribution in [0.25, 0.3) is 0 Å². The molecule has 4 nitrogen and oxygen atoms in total.